The van der Waals surface area contributed by atoms with Crippen LogP contribution in [0.5, 0.6) is 11.5 Å². The van der Waals surface area contributed by atoms with Crippen LogP contribution >= 0.6 is 0 Å². The van der Waals surface area contributed by atoms with Crippen LogP contribution in [0.2, 0.25) is 0 Å². The van der Waals surface area contributed by atoms with Gasteiger partial charge in [-0.25, -0.2) is 9.18 Å². The molecule has 0 amide bonds. The maximum absolute atomic E-state index is 13.2. The van der Waals surface area contributed by atoms with Crippen LogP contribution in [0.25, 0.3) is 0 Å². The third kappa shape index (κ3) is 3.95. The SMILES string of the molecule is CCOc1ccc(COc2cc(F)ccc2C(=O)O)cc1. The molecule has 2 rings (SSSR count). The molecular formula is C16H15FO4. The Bertz CT molecular complexity index is 623. The Labute approximate surface area is 121 Å². The van der Waals surface area contributed by atoms with E-state index in [-0.39, 0.29) is 17.9 Å². The van der Waals surface area contributed by atoms with E-state index < -0.39 is 11.8 Å². The number of benzene rings is 2. The molecule has 5 heteroatoms. The predicted octanol–water partition coefficient (Wildman–Crippen LogP) is 3.50. The molecule has 0 unspecified atom stereocenters. The number of ether oxygens (including phenoxy) is 2. The zero-order valence-electron chi connectivity index (χ0n) is 11.5. The van der Waals surface area contributed by atoms with Gasteiger partial charge in [0.25, 0.3) is 0 Å². The molecule has 0 saturated carbocycles. The highest BCUT2D eigenvalue weighted by Gasteiger charge is 2.12. The minimum absolute atomic E-state index is 0.0105. The van der Waals surface area contributed by atoms with Gasteiger partial charge in [0.1, 0.15) is 29.5 Å². The van der Waals surface area contributed by atoms with Gasteiger partial charge in [0.15, 0.2) is 0 Å². The van der Waals surface area contributed by atoms with Crippen LogP contribution in [-0.4, -0.2) is 17.7 Å². The molecule has 2 aromatic carbocycles. The van der Waals surface area contributed by atoms with Crippen molar-refractivity contribution in [1.29, 1.82) is 0 Å². The van der Waals surface area contributed by atoms with E-state index in [1.807, 2.05) is 19.1 Å². The van der Waals surface area contributed by atoms with Gasteiger partial charge in [-0.3, -0.25) is 0 Å². The zero-order chi connectivity index (χ0) is 15.2. The smallest absolute Gasteiger partial charge is 0.339 e. The van der Waals surface area contributed by atoms with Crippen molar-refractivity contribution < 1.29 is 23.8 Å². The molecule has 0 fully saturated rings. The van der Waals surface area contributed by atoms with Crippen molar-refractivity contribution in [2.45, 2.75) is 13.5 Å². The number of hydrogen-bond acceptors (Lipinski definition) is 3. The van der Waals surface area contributed by atoms with Crippen LogP contribution in [0.3, 0.4) is 0 Å². The van der Waals surface area contributed by atoms with E-state index in [0.717, 1.165) is 23.4 Å². The first-order chi connectivity index (χ1) is 10.1. The lowest BCUT2D eigenvalue weighted by atomic mass is 10.2. The van der Waals surface area contributed by atoms with Crippen LogP contribution in [0.4, 0.5) is 4.39 Å². The highest BCUT2D eigenvalue weighted by atomic mass is 19.1. The third-order valence-corrected chi connectivity index (χ3v) is 2.80. The van der Waals surface area contributed by atoms with E-state index in [2.05, 4.69) is 0 Å². The van der Waals surface area contributed by atoms with Crippen molar-refractivity contribution in [3.8, 4) is 11.5 Å². The molecule has 0 aliphatic heterocycles. The van der Waals surface area contributed by atoms with Crippen LogP contribution in [0.1, 0.15) is 22.8 Å². The minimum atomic E-state index is -1.16. The van der Waals surface area contributed by atoms with Crippen molar-refractivity contribution in [2.75, 3.05) is 6.61 Å². The molecule has 110 valence electrons. The molecule has 2 aromatic rings. The third-order valence-electron chi connectivity index (χ3n) is 2.80. The topological polar surface area (TPSA) is 55.8 Å². The zero-order valence-corrected chi connectivity index (χ0v) is 11.5. The Balaban J connectivity index is 2.08. The van der Waals surface area contributed by atoms with Crippen molar-refractivity contribution in [3.63, 3.8) is 0 Å². The number of halogens is 1. The maximum atomic E-state index is 13.2. The molecule has 0 aliphatic carbocycles. The average Bonchev–Trinajstić information content (AvgIpc) is 2.46. The van der Waals surface area contributed by atoms with Gasteiger partial charge in [-0.1, -0.05) is 12.1 Å². The fraction of sp³-hybridized carbons (Fsp3) is 0.188. The Morgan fingerprint density at radius 2 is 1.86 bits per heavy atom. The number of hydrogen-bond donors (Lipinski definition) is 1. The largest absolute Gasteiger partial charge is 0.494 e. The van der Waals surface area contributed by atoms with Crippen molar-refractivity contribution in [2.24, 2.45) is 0 Å². The fourth-order valence-electron chi connectivity index (χ4n) is 1.80. The summed E-state index contributed by atoms with van der Waals surface area (Å²) >= 11 is 0. The van der Waals surface area contributed by atoms with Gasteiger partial charge >= 0.3 is 5.97 Å². The van der Waals surface area contributed by atoms with Gasteiger partial charge in [-0.15, -0.1) is 0 Å². The molecule has 0 aromatic heterocycles. The molecule has 0 atom stereocenters. The Morgan fingerprint density at radius 1 is 1.14 bits per heavy atom. The monoisotopic (exact) mass is 290 g/mol. The minimum Gasteiger partial charge on any atom is -0.494 e. The van der Waals surface area contributed by atoms with Crippen LogP contribution in [0, 0.1) is 5.82 Å². The molecule has 0 spiro atoms. The van der Waals surface area contributed by atoms with E-state index in [1.165, 1.54) is 6.07 Å². The normalized spacial score (nSPS) is 10.2. The number of rotatable bonds is 6. The van der Waals surface area contributed by atoms with E-state index in [4.69, 9.17) is 14.6 Å². The second-order valence-corrected chi connectivity index (χ2v) is 4.31. The molecule has 21 heavy (non-hydrogen) atoms. The van der Waals surface area contributed by atoms with Gasteiger partial charge < -0.3 is 14.6 Å². The lowest BCUT2D eigenvalue weighted by molar-refractivity contribution is 0.0691. The molecule has 0 saturated heterocycles. The summed E-state index contributed by atoms with van der Waals surface area (Å²) in [6, 6.07) is 10.6. The maximum Gasteiger partial charge on any atom is 0.339 e. The Morgan fingerprint density at radius 3 is 2.48 bits per heavy atom. The van der Waals surface area contributed by atoms with E-state index in [9.17, 15) is 9.18 Å². The highest BCUT2D eigenvalue weighted by molar-refractivity contribution is 5.90. The van der Waals surface area contributed by atoms with Crippen LogP contribution in [-0.2, 0) is 6.61 Å². The number of aromatic carboxylic acids is 1. The lowest BCUT2D eigenvalue weighted by Gasteiger charge is -2.10. The Hall–Kier alpha value is -2.56. The summed E-state index contributed by atoms with van der Waals surface area (Å²) in [5.74, 6) is -0.937. The van der Waals surface area contributed by atoms with Gasteiger partial charge in [0.2, 0.25) is 0 Å². The van der Waals surface area contributed by atoms with Gasteiger partial charge in [-0.05, 0) is 36.8 Å². The van der Waals surface area contributed by atoms with Gasteiger partial charge in [0.05, 0.1) is 6.61 Å². The van der Waals surface area contributed by atoms with E-state index >= 15 is 0 Å². The van der Waals surface area contributed by atoms with Crippen molar-refractivity contribution in [3.05, 3.63) is 59.4 Å². The molecule has 0 radical (unpaired) electrons. The predicted molar refractivity (Wildman–Crippen MR) is 75.3 cm³/mol. The van der Waals surface area contributed by atoms with Crippen LogP contribution in [0.15, 0.2) is 42.5 Å². The average molecular weight is 290 g/mol. The van der Waals surface area contributed by atoms with E-state index in [0.29, 0.717) is 6.61 Å². The summed E-state index contributed by atoms with van der Waals surface area (Å²) in [4.78, 5) is 11.0. The molecular weight excluding hydrogens is 275 g/mol. The second kappa shape index (κ2) is 6.74. The summed E-state index contributed by atoms with van der Waals surface area (Å²) in [5, 5.41) is 9.03. The summed E-state index contributed by atoms with van der Waals surface area (Å²) in [6.07, 6.45) is 0. The van der Waals surface area contributed by atoms with Crippen LogP contribution < -0.4 is 9.47 Å². The molecule has 1 N–H and O–H groups in total. The first-order valence-corrected chi connectivity index (χ1v) is 6.47. The summed E-state index contributed by atoms with van der Waals surface area (Å²) in [6.45, 7) is 2.63. The first-order valence-electron chi connectivity index (χ1n) is 6.47. The second-order valence-electron chi connectivity index (χ2n) is 4.31. The summed E-state index contributed by atoms with van der Waals surface area (Å²) < 4.78 is 23.9. The first kappa shape index (κ1) is 14.8. The van der Waals surface area contributed by atoms with Gasteiger partial charge in [0, 0.05) is 6.07 Å². The lowest BCUT2D eigenvalue weighted by Crippen LogP contribution is -2.04. The molecule has 0 bridgehead atoms. The number of carboxylic acid groups (broad SMARTS) is 1. The Kier molecular flexibility index (Phi) is 4.77. The van der Waals surface area contributed by atoms with Crippen molar-refractivity contribution in [1.82, 2.24) is 0 Å². The number of carbonyl (C=O) groups is 1. The number of carboxylic acids is 1. The molecule has 4 nitrogen and oxygen atoms in total. The van der Waals surface area contributed by atoms with Gasteiger partial charge in [-0.2, -0.15) is 0 Å². The molecule has 0 heterocycles. The van der Waals surface area contributed by atoms with E-state index in [1.54, 1.807) is 12.1 Å². The fourth-order valence-corrected chi connectivity index (χ4v) is 1.80. The quantitative estimate of drug-likeness (QED) is 0.884. The summed E-state index contributed by atoms with van der Waals surface area (Å²) in [7, 11) is 0. The highest BCUT2D eigenvalue weighted by Crippen LogP contribution is 2.22. The molecule has 0 aliphatic rings. The summed E-state index contributed by atoms with van der Waals surface area (Å²) in [5.41, 5.74) is 0.765. The standard InChI is InChI=1S/C16H15FO4/c1-2-20-13-6-3-11(4-7-13)10-21-15-9-12(17)5-8-14(15)16(18)19/h3-9H,2,10H2,1H3,(H,18,19). The van der Waals surface area contributed by atoms with Crippen molar-refractivity contribution >= 4 is 5.97 Å².